The molecule has 2 N–H and O–H groups in total. The van der Waals surface area contributed by atoms with Crippen molar-refractivity contribution in [3.63, 3.8) is 0 Å². The highest BCUT2D eigenvalue weighted by molar-refractivity contribution is 7.98. The smallest absolute Gasteiger partial charge is 0.191 e. The average molecular weight is 309 g/mol. The summed E-state index contributed by atoms with van der Waals surface area (Å²) in [4.78, 5) is 5.89. The van der Waals surface area contributed by atoms with Gasteiger partial charge >= 0.3 is 0 Å². The molecule has 0 spiro atoms. The van der Waals surface area contributed by atoms with Crippen molar-refractivity contribution in [2.75, 3.05) is 32.6 Å². The Morgan fingerprint density at radius 3 is 2.57 bits per heavy atom. The SMILES string of the molecule is CCNC(=NCc1ccc(SC)cc1)NCCCOCC. The summed E-state index contributed by atoms with van der Waals surface area (Å²) in [5, 5.41) is 6.59. The van der Waals surface area contributed by atoms with Crippen LogP contribution in [0.2, 0.25) is 0 Å². The number of hydrogen-bond acceptors (Lipinski definition) is 3. The number of nitrogens with zero attached hydrogens (tertiary/aromatic N) is 1. The first kappa shape index (κ1) is 17.9. The van der Waals surface area contributed by atoms with E-state index in [0.29, 0.717) is 6.54 Å². The third-order valence-electron chi connectivity index (χ3n) is 2.89. The lowest BCUT2D eigenvalue weighted by Gasteiger charge is -2.11. The Morgan fingerprint density at radius 2 is 1.95 bits per heavy atom. The van der Waals surface area contributed by atoms with Crippen LogP contribution in [0.5, 0.6) is 0 Å². The summed E-state index contributed by atoms with van der Waals surface area (Å²) in [5.41, 5.74) is 1.22. The number of rotatable bonds is 9. The van der Waals surface area contributed by atoms with Crippen molar-refractivity contribution in [1.29, 1.82) is 0 Å². The summed E-state index contributed by atoms with van der Waals surface area (Å²) >= 11 is 1.76. The molecular formula is C16H27N3OS. The van der Waals surface area contributed by atoms with E-state index in [-0.39, 0.29) is 0 Å². The molecule has 0 atom stereocenters. The Bertz CT molecular complexity index is 406. The van der Waals surface area contributed by atoms with Gasteiger partial charge in [-0.15, -0.1) is 11.8 Å². The van der Waals surface area contributed by atoms with Gasteiger partial charge in [-0.2, -0.15) is 0 Å². The second-order valence-electron chi connectivity index (χ2n) is 4.52. The number of ether oxygens (including phenoxy) is 1. The zero-order chi connectivity index (χ0) is 15.3. The first-order valence-electron chi connectivity index (χ1n) is 7.53. The number of guanidine groups is 1. The first-order valence-corrected chi connectivity index (χ1v) is 8.75. The summed E-state index contributed by atoms with van der Waals surface area (Å²) in [7, 11) is 0. The van der Waals surface area contributed by atoms with E-state index in [4.69, 9.17) is 4.74 Å². The highest BCUT2D eigenvalue weighted by Gasteiger charge is 1.98. The highest BCUT2D eigenvalue weighted by Crippen LogP contribution is 2.15. The third-order valence-corrected chi connectivity index (χ3v) is 3.63. The fourth-order valence-corrected chi connectivity index (χ4v) is 2.18. The molecule has 0 saturated heterocycles. The molecule has 0 radical (unpaired) electrons. The van der Waals surface area contributed by atoms with Crippen molar-refractivity contribution >= 4 is 17.7 Å². The van der Waals surface area contributed by atoms with Gasteiger partial charge in [0, 0.05) is 31.2 Å². The van der Waals surface area contributed by atoms with E-state index in [0.717, 1.165) is 38.7 Å². The number of thioether (sulfide) groups is 1. The summed E-state index contributed by atoms with van der Waals surface area (Å²) in [6.45, 7) is 8.08. The molecule has 0 aliphatic heterocycles. The lowest BCUT2D eigenvalue weighted by molar-refractivity contribution is 0.145. The number of benzene rings is 1. The maximum atomic E-state index is 5.32. The Hall–Kier alpha value is -1.20. The van der Waals surface area contributed by atoms with E-state index < -0.39 is 0 Å². The van der Waals surface area contributed by atoms with Crippen LogP contribution in [-0.4, -0.2) is 38.5 Å². The van der Waals surface area contributed by atoms with Crippen LogP contribution >= 0.6 is 11.8 Å². The van der Waals surface area contributed by atoms with E-state index in [2.05, 4.69) is 53.1 Å². The Labute approximate surface area is 132 Å². The van der Waals surface area contributed by atoms with E-state index in [9.17, 15) is 0 Å². The average Bonchev–Trinajstić information content (AvgIpc) is 2.52. The highest BCUT2D eigenvalue weighted by atomic mass is 32.2. The molecule has 1 aromatic rings. The summed E-state index contributed by atoms with van der Waals surface area (Å²) < 4.78 is 5.32. The standard InChI is InChI=1S/C16H27N3OS/c1-4-17-16(18-11-6-12-20-5-2)19-13-14-7-9-15(21-3)10-8-14/h7-10H,4-6,11-13H2,1-3H3,(H2,17,18,19). The molecule has 0 fully saturated rings. The van der Waals surface area contributed by atoms with Crippen molar-refractivity contribution in [1.82, 2.24) is 10.6 Å². The van der Waals surface area contributed by atoms with Gasteiger partial charge in [0.2, 0.25) is 0 Å². The van der Waals surface area contributed by atoms with Gasteiger partial charge in [-0.25, -0.2) is 4.99 Å². The van der Waals surface area contributed by atoms with Gasteiger partial charge in [0.25, 0.3) is 0 Å². The van der Waals surface area contributed by atoms with Gasteiger partial charge in [-0.3, -0.25) is 0 Å². The van der Waals surface area contributed by atoms with E-state index >= 15 is 0 Å². The maximum Gasteiger partial charge on any atom is 0.191 e. The van der Waals surface area contributed by atoms with Crippen LogP contribution in [0.25, 0.3) is 0 Å². The number of nitrogens with one attached hydrogen (secondary N) is 2. The lowest BCUT2D eigenvalue weighted by atomic mass is 10.2. The van der Waals surface area contributed by atoms with E-state index in [1.54, 1.807) is 11.8 Å². The fraction of sp³-hybridized carbons (Fsp3) is 0.562. The monoisotopic (exact) mass is 309 g/mol. The minimum absolute atomic E-state index is 0.690. The van der Waals surface area contributed by atoms with Gasteiger partial charge in [-0.1, -0.05) is 12.1 Å². The molecule has 21 heavy (non-hydrogen) atoms. The second kappa shape index (κ2) is 11.5. The molecule has 0 aliphatic rings. The van der Waals surface area contributed by atoms with Gasteiger partial charge in [-0.05, 0) is 44.2 Å². The van der Waals surface area contributed by atoms with Crippen LogP contribution in [0.4, 0.5) is 0 Å². The Balaban J connectivity index is 2.42. The maximum absolute atomic E-state index is 5.32. The molecule has 1 rings (SSSR count). The quantitative estimate of drug-likeness (QED) is 0.319. The molecule has 0 unspecified atom stereocenters. The molecule has 0 aliphatic carbocycles. The molecule has 0 bridgehead atoms. The largest absolute Gasteiger partial charge is 0.382 e. The predicted octanol–water partition coefficient (Wildman–Crippen LogP) is 2.89. The summed E-state index contributed by atoms with van der Waals surface area (Å²) in [6.07, 6.45) is 3.07. The summed E-state index contributed by atoms with van der Waals surface area (Å²) in [6, 6.07) is 8.54. The van der Waals surface area contributed by atoms with E-state index in [1.807, 2.05) is 6.92 Å². The van der Waals surface area contributed by atoms with Crippen LogP contribution < -0.4 is 10.6 Å². The zero-order valence-corrected chi connectivity index (χ0v) is 14.1. The Morgan fingerprint density at radius 1 is 1.19 bits per heavy atom. The zero-order valence-electron chi connectivity index (χ0n) is 13.3. The van der Waals surface area contributed by atoms with Crippen molar-refractivity contribution in [3.8, 4) is 0 Å². The van der Waals surface area contributed by atoms with Gasteiger partial charge in [0.05, 0.1) is 6.54 Å². The van der Waals surface area contributed by atoms with Gasteiger partial charge in [0.15, 0.2) is 5.96 Å². The van der Waals surface area contributed by atoms with Gasteiger partial charge in [0.1, 0.15) is 0 Å². The van der Waals surface area contributed by atoms with Crippen LogP contribution in [-0.2, 0) is 11.3 Å². The van der Waals surface area contributed by atoms with Crippen LogP contribution in [0.1, 0.15) is 25.8 Å². The molecule has 0 amide bonds. The Kier molecular flexibility index (Phi) is 9.74. The van der Waals surface area contributed by atoms with Crippen LogP contribution in [0.15, 0.2) is 34.2 Å². The van der Waals surface area contributed by atoms with Crippen LogP contribution in [0.3, 0.4) is 0 Å². The molecule has 1 aromatic carbocycles. The molecule has 118 valence electrons. The molecule has 0 heterocycles. The predicted molar refractivity (Wildman–Crippen MR) is 92.2 cm³/mol. The van der Waals surface area contributed by atoms with Gasteiger partial charge < -0.3 is 15.4 Å². The molecule has 4 nitrogen and oxygen atoms in total. The van der Waals surface area contributed by atoms with E-state index in [1.165, 1.54) is 10.5 Å². The third kappa shape index (κ3) is 7.97. The number of aliphatic imine (C=N–C) groups is 1. The van der Waals surface area contributed by atoms with Crippen molar-refractivity contribution in [2.24, 2.45) is 4.99 Å². The summed E-state index contributed by atoms with van der Waals surface area (Å²) in [5.74, 6) is 0.864. The first-order chi connectivity index (χ1) is 10.3. The number of hydrogen-bond donors (Lipinski definition) is 2. The molecule has 0 saturated carbocycles. The molecular weight excluding hydrogens is 282 g/mol. The molecule has 0 aromatic heterocycles. The fourth-order valence-electron chi connectivity index (χ4n) is 1.77. The second-order valence-corrected chi connectivity index (χ2v) is 5.40. The van der Waals surface area contributed by atoms with Crippen molar-refractivity contribution in [2.45, 2.75) is 31.7 Å². The van der Waals surface area contributed by atoms with Crippen molar-refractivity contribution in [3.05, 3.63) is 29.8 Å². The molecule has 5 heteroatoms. The normalized spacial score (nSPS) is 11.5. The minimum Gasteiger partial charge on any atom is -0.382 e. The topological polar surface area (TPSA) is 45.7 Å². The lowest BCUT2D eigenvalue weighted by Crippen LogP contribution is -2.38. The minimum atomic E-state index is 0.690. The van der Waals surface area contributed by atoms with Crippen molar-refractivity contribution < 1.29 is 4.74 Å². The van der Waals surface area contributed by atoms with Crippen LogP contribution in [0, 0.1) is 0 Å².